The van der Waals surface area contributed by atoms with Gasteiger partial charge in [-0.05, 0) is 36.2 Å². The number of anilines is 1. The Morgan fingerprint density at radius 3 is 2.78 bits per heavy atom. The molecule has 1 aromatic carbocycles. The van der Waals surface area contributed by atoms with Crippen LogP contribution in [0.5, 0.6) is 5.88 Å². The van der Waals surface area contributed by atoms with Gasteiger partial charge in [0.1, 0.15) is 18.2 Å². The molecule has 0 spiro atoms. The molecule has 4 rings (SSSR count). The first-order valence-electron chi connectivity index (χ1n) is 10.4. The maximum atomic E-state index is 11.7. The van der Waals surface area contributed by atoms with Crippen LogP contribution in [0.4, 0.5) is 5.82 Å². The Morgan fingerprint density at radius 1 is 1.25 bits per heavy atom. The molecule has 0 radical (unpaired) electrons. The molecular weight excluding hydrogens is 449 g/mol. The Bertz CT molecular complexity index is 1080. The Labute approximate surface area is 197 Å². The second-order valence-electron chi connectivity index (χ2n) is 7.89. The highest BCUT2D eigenvalue weighted by atomic mass is 35.5. The van der Waals surface area contributed by atoms with Crippen LogP contribution in [0, 0.1) is 0 Å². The lowest BCUT2D eigenvalue weighted by atomic mass is 10.2. The lowest BCUT2D eigenvalue weighted by molar-refractivity contribution is -0.129. The minimum absolute atomic E-state index is 0.0810. The topological polar surface area (TPSA) is 63.5 Å². The number of halogens is 2. The smallest absolute Gasteiger partial charge is 0.219 e. The largest absolute Gasteiger partial charge is 0.469 e. The minimum Gasteiger partial charge on any atom is -0.469 e. The van der Waals surface area contributed by atoms with E-state index < -0.39 is 0 Å². The van der Waals surface area contributed by atoms with Gasteiger partial charge in [0.2, 0.25) is 11.8 Å². The van der Waals surface area contributed by atoms with Gasteiger partial charge in [-0.25, -0.2) is 4.98 Å². The number of nitrogens with zero attached hydrogens (tertiary/aromatic N) is 5. The Kier molecular flexibility index (Phi) is 6.86. The van der Waals surface area contributed by atoms with Crippen molar-refractivity contribution in [2.45, 2.75) is 32.5 Å². The number of hydrogen-bond acceptors (Lipinski definition) is 5. The van der Waals surface area contributed by atoms with Gasteiger partial charge in [0.15, 0.2) is 0 Å². The number of pyridine rings is 1. The summed E-state index contributed by atoms with van der Waals surface area (Å²) in [5.41, 5.74) is 0.987. The predicted molar refractivity (Wildman–Crippen MR) is 125 cm³/mol. The van der Waals surface area contributed by atoms with Crippen LogP contribution in [0.2, 0.25) is 10.0 Å². The molecule has 2 aromatic heterocycles. The molecule has 168 valence electrons. The maximum Gasteiger partial charge on any atom is 0.219 e. The third-order valence-electron chi connectivity index (χ3n) is 5.67. The van der Waals surface area contributed by atoms with Gasteiger partial charge in [-0.2, -0.15) is 4.98 Å². The maximum absolute atomic E-state index is 11.7. The van der Waals surface area contributed by atoms with Gasteiger partial charge in [0.05, 0.1) is 6.04 Å². The highest BCUT2D eigenvalue weighted by Gasteiger charge is 2.27. The standard InChI is InChI=1S/C23H25Cl2N5O2/c1-16(31)28(2)20-6-8-29(14-20)21-4-3-5-23(27-21)32-15-22-26-7-9-30(22)13-17-10-18(24)12-19(25)11-17/h3-5,7,9-12,20H,6,8,13-15H2,1-2H3. The van der Waals surface area contributed by atoms with Crippen molar-refractivity contribution < 1.29 is 9.53 Å². The van der Waals surface area contributed by atoms with Gasteiger partial charge >= 0.3 is 0 Å². The zero-order valence-electron chi connectivity index (χ0n) is 18.0. The molecular formula is C23H25Cl2N5O2. The first kappa shape index (κ1) is 22.4. The zero-order chi connectivity index (χ0) is 22.7. The molecule has 0 bridgehead atoms. The number of carbonyl (C=O) groups is 1. The number of rotatable bonds is 7. The number of imidazole rings is 1. The SMILES string of the molecule is CC(=O)N(C)C1CCN(c2cccc(OCc3nccn3Cc3cc(Cl)cc(Cl)c3)n2)C1. The number of ether oxygens (including phenoxy) is 1. The fraction of sp³-hybridized carbons (Fsp3) is 0.348. The van der Waals surface area contributed by atoms with Crippen LogP contribution >= 0.6 is 23.2 Å². The van der Waals surface area contributed by atoms with Crippen LogP contribution in [0.25, 0.3) is 0 Å². The third kappa shape index (κ3) is 5.34. The van der Waals surface area contributed by atoms with E-state index in [1.54, 1.807) is 24.1 Å². The Balaban J connectivity index is 1.39. The summed E-state index contributed by atoms with van der Waals surface area (Å²) in [4.78, 5) is 24.7. The molecule has 0 N–H and O–H groups in total. The average Bonchev–Trinajstić information content (AvgIpc) is 3.41. The van der Waals surface area contributed by atoms with Gasteiger partial charge in [-0.15, -0.1) is 0 Å². The van der Waals surface area contributed by atoms with Crippen LogP contribution in [-0.2, 0) is 17.9 Å². The lowest BCUT2D eigenvalue weighted by Crippen LogP contribution is -2.37. The second-order valence-corrected chi connectivity index (χ2v) is 8.76. The monoisotopic (exact) mass is 473 g/mol. The third-order valence-corrected chi connectivity index (χ3v) is 6.10. The Hall–Kier alpha value is -2.77. The van der Waals surface area contributed by atoms with E-state index in [1.807, 2.05) is 48.1 Å². The van der Waals surface area contributed by atoms with E-state index in [4.69, 9.17) is 27.9 Å². The van der Waals surface area contributed by atoms with E-state index in [-0.39, 0.29) is 18.6 Å². The first-order chi connectivity index (χ1) is 15.4. The van der Waals surface area contributed by atoms with Gasteiger partial charge in [0, 0.05) is 62.1 Å². The molecule has 0 aliphatic carbocycles. The van der Waals surface area contributed by atoms with Gasteiger partial charge in [0.25, 0.3) is 0 Å². The zero-order valence-corrected chi connectivity index (χ0v) is 19.6. The second kappa shape index (κ2) is 9.79. The van der Waals surface area contributed by atoms with Crippen molar-refractivity contribution in [1.29, 1.82) is 0 Å². The molecule has 1 fully saturated rings. The summed E-state index contributed by atoms with van der Waals surface area (Å²) in [5.74, 6) is 2.24. The summed E-state index contributed by atoms with van der Waals surface area (Å²) in [7, 11) is 1.85. The molecule has 1 saturated heterocycles. The highest BCUT2D eigenvalue weighted by molar-refractivity contribution is 6.34. The summed E-state index contributed by atoms with van der Waals surface area (Å²) in [6, 6.07) is 11.4. The quantitative estimate of drug-likeness (QED) is 0.512. The van der Waals surface area contributed by atoms with Crippen molar-refractivity contribution in [3.63, 3.8) is 0 Å². The van der Waals surface area contributed by atoms with Gasteiger partial charge < -0.3 is 19.1 Å². The van der Waals surface area contributed by atoms with Crippen molar-refractivity contribution in [3.05, 3.63) is 70.2 Å². The number of likely N-dealkylation sites (N-methyl/N-ethyl adjacent to an activating group) is 1. The molecule has 1 aliphatic heterocycles. The van der Waals surface area contributed by atoms with E-state index >= 15 is 0 Å². The summed E-state index contributed by atoms with van der Waals surface area (Å²) >= 11 is 12.2. The van der Waals surface area contributed by atoms with Crippen LogP contribution in [0.3, 0.4) is 0 Å². The van der Waals surface area contributed by atoms with Crippen LogP contribution in [0.1, 0.15) is 24.7 Å². The Morgan fingerprint density at radius 2 is 2.03 bits per heavy atom. The molecule has 1 unspecified atom stereocenters. The molecule has 1 aliphatic rings. The van der Waals surface area contributed by atoms with Crippen molar-refractivity contribution in [2.75, 3.05) is 25.0 Å². The molecule has 32 heavy (non-hydrogen) atoms. The number of benzene rings is 1. The number of hydrogen-bond donors (Lipinski definition) is 0. The minimum atomic E-state index is 0.0810. The molecule has 9 heteroatoms. The van der Waals surface area contributed by atoms with E-state index in [2.05, 4.69) is 14.9 Å². The summed E-state index contributed by atoms with van der Waals surface area (Å²) in [5, 5.41) is 1.20. The average molecular weight is 474 g/mol. The van der Waals surface area contributed by atoms with Crippen LogP contribution in [-0.4, -0.2) is 51.5 Å². The van der Waals surface area contributed by atoms with Crippen molar-refractivity contribution in [2.24, 2.45) is 0 Å². The van der Waals surface area contributed by atoms with Crippen molar-refractivity contribution in [1.82, 2.24) is 19.4 Å². The van der Waals surface area contributed by atoms with E-state index in [9.17, 15) is 4.79 Å². The fourth-order valence-electron chi connectivity index (χ4n) is 3.85. The van der Waals surface area contributed by atoms with E-state index in [0.29, 0.717) is 22.5 Å². The normalized spacial score (nSPS) is 15.8. The van der Waals surface area contributed by atoms with Crippen LogP contribution < -0.4 is 9.64 Å². The summed E-state index contributed by atoms with van der Waals surface area (Å²) < 4.78 is 7.95. The van der Waals surface area contributed by atoms with E-state index in [0.717, 1.165) is 36.7 Å². The first-order valence-corrected chi connectivity index (χ1v) is 11.2. The highest BCUT2D eigenvalue weighted by Crippen LogP contribution is 2.24. The number of amides is 1. The molecule has 0 saturated carbocycles. The summed E-state index contributed by atoms with van der Waals surface area (Å²) in [6.45, 7) is 4.09. The van der Waals surface area contributed by atoms with Crippen molar-refractivity contribution in [3.8, 4) is 5.88 Å². The lowest BCUT2D eigenvalue weighted by Gasteiger charge is -2.24. The van der Waals surface area contributed by atoms with Crippen LogP contribution in [0.15, 0.2) is 48.8 Å². The molecule has 3 aromatic rings. The van der Waals surface area contributed by atoms with Gasteiger partial charge in [-0.3, -0.25) is 4.79 Å². The molecule has 3 heterocycles. The van der Waals surface area contributed by atoms with Crippen molar-refractivity contribution >= 4 is 34.9 Å². The number of aromatic nitrogens is 3. The molecule has 1 atom stereocenters. The molecule has 1 amide bonds. The fourth-order valence-corrected chi connectivity index (χ4v) is 4.42. The number of carbonyl (C=O) groups excluding carboxylic acids is 1. The predicted octanol–water partition coefficient (Wildman–Crippen LogP) is 4.27. The van der Waals surface area contributed by atoms with Gasteiger partial charge in [-0.1, -0.05) is 29.3 Å². The van der Waals surface area contributed by atoms with E-state index in [1.165, 1.54) is 0 Å². The summed E-state index contributed by atoms with van der Waals surface area (Å²) in [6.07, 6.45) is 4.56. The molecule has 7 nitrogen and oxygen atoms in total.